The molecule has 1 amide bonds. The summed E-state index contributed by atoms with van der Waals surface area (Å²) in [6.45, 7) is 4.76. The third kappa shape index (κ3) is 7.00. The number of hydrogen-bond donors (Lipinski definition) is 2. The molecule has 0 aromatic heterocycles. The molecule has 2 aromatic rings. The summed E-state index contributed by atoms with van der Waals surface area (Å²) in [4.78, 5) is 17.8. The fraction of sp³-hybridized carbons (Fsp3) is 0.417. The van der Waals surface area contributed by atoms with E-state index in [0.29, 0.717) is 36.6 Å². The number of carbonyl (C=O) groups excluding carboxylic acids is 1. The average molecular weight is 449 g/mol. The molecule has 0 bridgehead atoms. The first kappa shape index (κ1) is 25.2. The SMILES string of the molecule is CN=C(NCCc1cccc(C(=O)N(C)C)c1)NCC(C)(C)c1cccc(C(F)(F)F)c1. The molecule has 0 aliphatic heterocycles. The highest BCUT2D eigenvalue weighted by molar-refractivity contribution is 5.94. The minimum atomic E-state index is -4.37. The molecule has 5 nitrogen and oxygen atoms in total. The molecule has 2 rings (SSSR count). The van der Waals surface area contributed by atoms with E-state index in [9.17, 15) is 18.0 Å². The number of rotatable bonds is 7. The number of alkyl halides is 3. The number of guanidine groups is 1. The maximum Gasteiger partial charge on any atom is 0.416 e. The first-order chi connectivity index (χ1) is 14.9. The minimum absolute atomic E-state index is 0.0471. The average Bonchev–Trinajstić information content (AvgIpc) is 2.75. The van der Waals surface area contributed by atoms with Crippen LogP contribution < -0.4 is 10.6 Å². The van der Waals surface area contributed by atoms with E-state index in [4.69, 9.17) is 0 Å². The van der Waals surface area contributed by atoms with Crippen LogP contribution >= 0.6 is 0 Å². The van der Waals surface area contributed by atoms with Crippen molar-refractivity contribution in [1.82, 2.24) is 15.5 Å². The van der Waals surface area contributed by atoms with Crippen LogP contribution in [0.15, 0.2) is 53.5 Å². The second kappa shape index (κ2) is 10.5. The molecule has 0 saturated carbocycles. The third-order valence-corrected chi connectivity index (χ3v) is 5.18. The molecule has 0 radical (unpaired) electrons. The van der Waals surface area contributed by atoms with Gasteiger partial charge in [0.25, 0.3) is 5.91 Å². The number of benzene rings is 2. The quantitative estimate of drug-likeness (QED) is 0.496. The van der Waals surface area contributed by atoms with Crippen LogP contribution in [-0.4, -0.2) is 51.0 Å². The predicted octanol–water partition coefficient (Wildman–Crippen LogP) is 4.09. The smallest absolute Gasteiger partial charge is 0.356 e. The van der Waals surface area contributed by atoms with Gasteiger partial charge in [-0.05, 0) is 35.7 Å². The molecule has 0 fully saturated rings. The van der Waals surface area contributed by atoms with E-state index in [-0.39, 0.29) is 5.91 Å². The Labute approximate surface area is 187 Å². The Kier molecular flexibility index (Phi) is 8.30. The number of carbonyl (C=O) groups is 1. The summed E-state index contributed by atoms with van der Waals surface area (Å²) >= 11 is 0. The van der Waals surface area contributed by atoms with E-state index in [0.717, 1.165) is 11.6 Å². The first-order valence-corrected chi connectivity index (χ1v) is 10.4. The molecule has 0 atom stereocenters. The number of nitrogens with one attached hydrogen (secondary N) is 2. The molecule has 0 aliphatic carbocycles. The number of hydrogen-bond acceptors (Lipinski definition) is 2. The summed E-state index contributed by atoms with van der Waals surface area (Å²) in [5.74, 6) is 0.514. The Bertz CT molecular complexity index is 952. The molecule has 0 unspecified atom stereocenters. The van der Waals surface area contributed by atoms with Crippen molar-refractivity contribution < 1.29 is 18.0 Å². The molecule has 174 valence electrons. The van der Waals surface area contributed by atoms with E-state index in [1.54, 1.807) is 33.3 Å². The Hall–Kier alpha value is -3.03. The largest absolute Gasteiger partial charge is 0.416 e. The summed E-state index contributed by atoms with van der Waals surface area (Å²) in [7, 11) is 5.07. The molecular formula is C24H31F3N4O. The second-order valence-electron chi connectivity index (χ2n) is 8.46. The highest BCUT2D eigenvalue weighted by atomic mass is 19.4. The van der Waals surface area contributed by atoms with Gasteiger partial charge in [-0.15, -0.1) is 0 Å². The van der Waals surface area contributed by atoms with E-state index < -0.39 is 17.2 Å². The van der Waals surface area contributed by atoms with Gasteiger partial charge in [0, 0.05) is 45.2 Å². The van der Waals surface area contributed by atoms with Crippen molar-refractivity contribution in [3.8, 4) is 0 Å². The maximum absolute atomic E-state index is 13.0. The summed E-state index contributed by atoms with van der Waals surface area (Å²) < 4.78 is 39.1. The van der Waals surface area contributed by atoms with Gasteiger partial charge in [0.1, 0.15) is 0 Å². The molecule has 0 aliphatic rings. The van der Waals surface area contributed by atoms with Crippen LogP contribution in [0.25, 0.3) is 0 Å². The van der Waals surface area contributed by atoms with Crippen molar-refractivity contribution in [3.05, 3.63) is 70.8 Å². The zero-order chi connectivity index (χ0) is 23.9. The standard InChI is InChI=1S/C24H31F3N4O/c1-23(2,19-10-7-11-20(15-19)24(25,26)27)16-30-22(28-3)29-13-12-17-8-6-9-18(14-17)21(32)31(4)5/h6-11,14-15H,12-13,16H2,1-5H3,(H2,28,29,30). The van der Waals surface area contributed by atoms with Gasteiger partial charge >= 0.3 is 6.18 Å². The highest BCUT2D eigenvalue weighted by Gasteiger charge is 2.32. The number of halogens is 3. The summed E-state index contributed by atoms with van der Waals surface area (Å²) in [5, 5.41) is 6.41. The second-order valence-corrected chi connectivity index (χ2v) is 8.46. The molecule has 0 spiro atoms. The molecule has 8 heteroatoms. The highest BCUT2D eigenvalue weighted by Crippen LogP contribution is 2.32. The Morgan fingerprint density at radius 3 is 2.28 bits per heavy atom. The van der Waals surface area contributed by atoms with Crippen molar-refractivity contribution in [3.63, 3.8) is 0 Å². The predicted molar refractivity (Wildman–Crippen MR) is 122 cm³/mol. The van der Waals surface area contributed by atoms with Gasteiger partial charge in [0.15, 0.2) is 5.96 Å². The number of nitrogens with zero attached hydrogens (tertiary/aromatic N) is 2. The number of aliphatic imine (C=N–C) groups is 1. The van der Waals surface area contributed by atoms with Gasteiger partial charge in [-0.25, -0.2) is 0 Å². The van der Waals surface area contributed by atoms with Gasteiger partial charge in [0.2, 0.25) is 0 Å². The fourth-order valence-corrected chi connectivity index (χ4v) is 3.19. The van der Waals surface area contributed by atoms with Crippen molar-refractivity contribution >= 4 is 11.9 Å². The molecule has 32 heavy (non-hydrogen) atoms. The van der Waals surface area contributed by atoms with Crippen molar-refractivity contribution in [2.45, 2.75) is 31.9 Å². The Morgan fingerprint density at radius 1 is 1.00 bits per heavy atom. The van der Waals surface area contributed by atoms with Gasteiger partial charge < -0.3 is 15.5 Å². The first-order valence-electron chi connectivity index (χ1n) is 10.4. The monoisotopic (exact) mass is 448 g/mol. The fourth-order valence-electron chi connectivity index (χ4n) is 3.19. The van der Waals surface area contributed by atoms with Crippen molar-refractivity contribution in [2.75, 3.05) is 34.2 Å². The van der Waals surface area contributed by atoms with Crippen molar-refractivity contribution in [2.24, 2.45) is 4.99 Å². The van der Waals surface area contributed by atoms with E-state index in [1.807, 2.05) is 32.0 Å². The molecular weight excluding hydrogens is 417 g/mol. The maximum atomic E-state index is 13.0. The van der Waals surface area contributed by atoms with E-state index >= 15 is 0 Å². The summed E-state index contributed by atoms with van der Waals surface area (Å²) in [5.41, 5.74) is 1.06. The molecule has 2 aromatic carbocycles. The van der Waals surface area contributed by atoms with Crippen LogP contribution in [0.4, 0.5) is 13.2 Å². The summed E-state index contributed by atoms with van der Waals surface area (Å²) in [6, 6.07) is 12.9. The zero-order valence-corrected chi connectivity index (χ0v) is 19.2. The lowest BCUT2D eigenvalue weighted by molar-refractivity contribution is -0.137. The van der Waals surface area contributed by atoms with Crippen LogP contribution in [0.1, 0.15) is 40.9 Å². The van der Waals surface area contributed by atoms with Crippen LogP contribution in [0.2, 0.25) is 0 Å². The molecule has 0 saturated heterocycles. The lowest BCUT2D eigenvalue weighted by Crippen LogP contribution is -2.44. The van der Waals surface area contributed by atoms with E-state index in [1.165, 1.54) is 17.0 Å². The molecule has 0 heterocycles. The van der Waals surface area contributed by atoms with Crippen LogP contribution in [0.3, 0.4) is 0 Å². The molecule has 2 N–H and O–H groups in total. The van der Waals surface area contributed by atoms with Gasteiger partial charge in [-0.2, -0.15) is 13.2 Å². The minimum Gasteiger partial charge on any atom is -0.356 e. The van der Waals surface area contributed by atoms with Crippen LogP contribution in [0.5, 0.6) is 0 Å². The zero-order valence-electron chi connectivity index (χ0n) is 19.2. The number of amides is 1. The van der Waals surface area contributed by atoms with Crippen molar-refractivity contribution in [1.29, 1.82) is 0 Å². The lowest BCUT2D eigenvalue weighted by Gasteiger charge is -2.27. The van der Waals surface area contributed by atoms with Gasteiger partial charge in [-0.3, -0.25) is 9.79 Å². The Balaban J connectivity index is 1.93. The van der Waals surface area contributed by atoms with E-state index in [2.05, 4.69) is 15.6 Å². The van der Waals surface area contributed by atoms with Gasteiger partial charge in [-0.1, -0.05) is 44.2 Å². The topological polar surface area (TPSA) is 56.7 Å². The summed E-state index contributed by atoms with van der Waals surface area (Å²) in [6.07, 6.45) is -3.68. The van der Waals surface area contributed by atoms with Gasteiger partial charge in [0.05, 0.1) is 5.56 Å². The normalized spacial score (nSPS) is 12.4. The lowest BCUT2D eigenvalue weighted by atomic mass is 9.84. The third-order valence-electron chi connectivity index (χ3n) is 5.18. The van der Waals surface area contributed by atoms with Crippen LogP contribution in [0, 0.1) is 0 Å². The van der Waals surface area contributed by atoms with Crippen LogP contribution in [-0.2, 0) is 18.0 Å². The Morgan fingerprint density at radius 2 is 1.66 bits per heavy atom.